The summed E-state index contributed by atoms with van der Waals surface area (Å²) in [5.41, 5.74) is 7.93. The molecule has 0 saturated heterocycles. The molecule has 1 aromatic rings. The SMILES string of the molecule is Cc1cc(C2(N)CC(C)CCC2C)cs1. The predicted octanol–water partition coefficient (Wildman–Crippen LogP) is 3.67. The van der Waals surface area contributed by atoms with Gasteiger partial charge in [0.05, 0.1) is 0 Å². The van der Waals surface area contributed by atoms with Crippen LogP contribution in [0.4, 0.5) is 0 Å². The van der Waals surface area contributed by atoms with Gasteiger partial charge >= 0.3 is 0 Å². The molecule has 1 saturated carbocycles. The number of thiophene rings is 1. The molecule has 0 aromatic carbocycles. The molecule has 2 heteroatoms. The van der Waals surface area contributed by atoms with Gasteiger partial charge in [-0.25, -0.2) is 0 Å². The van der Waals surface area contributed by atoms with Gasteiger partial charge in [0.25, 0.3) is 0 Å². The lowest BCUT2D eigenvalue weighted by molar-refractivity contribution is 0.162. The standard InChI is InChI=1S/C13H21NS/c1-9-4-5-10(2)13(14,7-9)12-6-11(3)15-8-12/h6,8-10H,4-5,7,14H2,1-3H3. The van der Waals surface area contributed by atoms with Crippen molar-refractivity contribution in [2.24, 2.45) is 17.6 Å². The summed E-state index contributed by atoms with van der Waals surface area (Å²) >= 11 is 1.82. The number of hydrogen-bond acceptors (Lipinski definition) is 2. The first-order valence-corrected chi connectivity index (χ1v) is 6.75. The van der Waals surface area contributed by atoms with Crippen molar-refractivity contribution in [2.45, 2.75) is 45.6 Å². The second kappa shape index (κ2) is 3.91. The molecule has 1 nitrogen and oxygen atoms in total. The summed E-state index contributed by atoms with van der Waals surface area (Å²) in [5.74, 6) is 1.38. The van der Waals surface area contributed by atoms with Gasteiger partial charge in [-0.1, -0.05) is 20.3 Å². The van der Waals surface area contributed by atoms with Gasteiger partial charge in [0.15, 0.2) is 0 Å². The molecule has 0 amide bonds. The monoisotopic (exact) mass is 223 g/mol. The van der Waals surface area contributed by atoms with Gasteiger partial charge in [0, 0.05) is 10.4 Å². The van der Waals surface area contributed by atoms with Crippen LogP contribution in [0.25, 0.3) is 0 Å². The highest BCUT2D eigenvalue weighted by Gasteiger charge is 2.38. The van der Waals surface area contributed by atoms with E-state index in [1.54, 1.807) is 0 Å². The molecular formula is C13H21NS. The normalized spacial score (nSPS) is 36.8. The van der Waals surface area contributed by atoms with Crippen LogP contribution in [0.15, 0.2) is 11.4 Å². The van der Waals surface area contributed by atoms with Gasteiger partial charge in [-0.3, -0.25) is 0 Å². The number of rotatable bonds is 1. The highest BCUT2D eigenvalue weighted by atomic mass is 32.1. The number of aryl methyl sites for hydroxylation is 1. The van der Waals surface area contributed by atoms with Crippen LogP contribution in [-0.2, 0) is 5.54 Å². The summed E-state index contributed by atoms with van der Waals surface area (Å²) in [5, 5.41) is 2.25. The summed E-state index contributed by atoms with van der Waals surface area (Å²) in [6.07, 6.45) is 3.75. The summed E-state index contributed by atoms with van der Waals surface area (Å²) < 4.78 is 0. The lowest BCUT2D eigenvalue weighted by atomic mass is 9.67. The van der Waals surface area contributed by atoms with E-state index in [0.29, 0.717) is 5.92 Å². The molecule has 0 aliphatic heterocycles. The third-order valence-electron chi connectivity index (χ3n) is 3.93. The van der Waals surface area contributed by atoms with Crippen LogP contribution in [0.2, 0.25) is 0 Å². The average molecular weight is 223 g/mol. The highest BCUT2D eigenvalue weighted by Crippen LogP contribution is 2.42. The molecule has 1 heterocycles. The van der Waals surface area contributed by atoms with Gasteiger partial charge < -0.3 is 5.73 Å². The minimum absolute atomic E-state index is 0.0670. The molecule has 84 valence electrons. The van der Waals surface area contributed by atoms with Crippen LogP contribution < -0.4 is 5.73 Å². The van der Waals surface area contributed by atoms with E-state index in [1.807, 2.05) is 11.3 Å². The minimum Gasteiger partial charge on any atom is -0.321 e. The summed E-state index contributed by atoms with van der Waals surface area (Å²) in [6.45, 7) is 6.79. The molecule has 15 heavy (non-hydrogen) atoms. The zero-order valence-electron chi connectivity index (χ0n) is 9.92. The lowest BCUT2D eigenvalue weighted by Gasteiger charge is -2.42. The van der Waals surface area contributed by atoms with Gasteiger partial charge in [0.1, 0.15) is 0 Å². The maximum Gasteiger partial charge on any atom is 0.0446 e. The van der Waals surface area contributed by atoms with Crippen molar-refractivity contribution in [2.75, 3.05) is 0 Å². The molecule has 1 aliphatic carbocycles. The van der Waals surface area contributed by atoms with Crippen molar-refractivity contribution in [1.82, 2.24) is 0 Å². The van der Waals surface area contributed by atoms with E-state index in [-0.39, 0.29) is 5.54 Å². The van der Waals surface area contributed by atoms with Crippen molar-refractivity contribution in [1.29, 1.82) is 0 Å². The fourth-order valence-corrected chi connectivity index (χ4v) is 3.56. The predicted molar refractivity (Wildman–Crippen MR) is 67.1 cm³/mol. The zero-order chi connectivity index (χ0) is 11.1. The lowest BCUT2D eigenvalue weighted by Crippen LogP contribution is -2.46. The Kier molecular flexibility index (Phi) is 2.91. The summed E-state index contributed by atoms with van der Waals surface area (Å²) in [6, 6.07) is 2.28. The molecule has 3 atom stereocenters. The summed E-state index contributed by atoms with van der Waals surface area (Å²) in [7, 11) is 0. The summed E-state index contributed by atoms with van der Waals surface area (Å²) in [4.78, 5) is 1.38. The smallest absolute Gasteiger partial charge is 0.0446 e. The van der Waals surface area contributed by atoms with Crippen LogP contribution >= 0.6 is 11.3 Å². The molecule has 1 fully saturated rings. The van der Waals surface area contributed by atoms with Crippen LogP contribution in [0.1, 0.15) is 43.6 Å². The van der Waals surface area contributed by atoms with E-state index in [2.05, 4.69) is 32.2 Å². The van der Waals surface area contributed by atoms with Gasteiger partial charge in [-0.05, 0) is 48.6 Å². The third-order valence-corrected chi connectivity index (χ3v) is 4.79. The van der Waals surface area contributed by atoms with Gasteiger partial charge in [0.2, 0.25) is 0 Å². The van der Waals surface area contributed by atoms with Crippen LogP contribution in [0.5, 0.6) is 0 Å². The Bertz CT molecular complexity index is 344. The van der Waals surface area contributed by atoms with Crippen molar-refractivity contribution in [3.63, 3.8) is 0 Å². The maximum atomic E-state index is 6.63. The average Bonchev–Trinajstić information content (AvgIpc) is 2.59. The third kappa shape index (κ3) is 1.98. The molecule has 0 radical (unpaired) electrons. The van der Waals surface area contributed by atoms with E-state index in [4.69, 9.17) is 5.73 Å². The number of nitrogens with two attached hydrogens (primary N) is 1. The first kappa shape index (κ1) is 11.2. The Morgan fingerprint density at radius 3 is 2.73 bits per heavy atom. The van der Waals surface area contributed by atoms with E-state index in [0.717, 1.165) is 12.3 Å². The minimum atomic E-state index is -0.0670. The van der Waals surface area contributed by atoms with Gasteiger partial charge in [-0.15, -0.1) is 11.3 Å². The molecule has 3 unspecified atom stereocenters. The Morgan fingerprint density at radius 2 is 2.13 bits per heavy atom. The van der Waals surface area contributed by atoms with E-state index in [9.17, 15) is 0 Å². The van der Waals surface area contributed by atoms with E-state index >= 15 is 0 Å². The Hall–Kier alpha value is -0.340. The molecule has 2 rings (SSSR count). The Morgan fingerprint density at radius 1 is 1.40 bits per heavy atom. The highest BCUT2D eigenvalue weighted by molar-refractivity contribution is 7.10. The van der Waals surface area contributed by atoms with E-state index in [1.165, 1.54) is 23.3 Å². The van der Waals surface area contributed by atoms with Crippen molar-refractivity contribution >= 4 is 11.3 Å². The first-order chi connectivity index (χ1) is 7.02. The largest absolute Gasteiger partial charge is 0.321 e. The Labute approximate surface area is 96.7 Å². The molecule has 0 bridgehead atoms. The molecule has 0 spiro atoms. The van der Waals surface area contributed by atoms with Crippen LogP contribution in [0, 0.1) is 18.8 Å². The molecule has 1 aliphatic rings. The van der Waals surface area contributed by atoms with Crippen LogP contribution in [-0.4, -0.2) is 0 Å². The van der Waals surface area contributed by atoms with Crippen molar-refractivity contribution in [3.05, 3.63) is 21.9 Å². The Balaban J connectivity index is 2.30. The van der Waals surface area contributed by atoms with Crippen LogP contribution in [0.3, 0.4) is 0 Å². The molecule has 2 N–H and O–H groups in total. The number of hydrogen-bond donors (Lipinski definition) is 1. The molecule has 1 aromatic heterocycles. The second-order valence-electron chi connectivity index (χ2n) is 5.27. The topological polar surface area (TPSA) is 26.0 Å². The van der Waals surface area contributed by atoms with E-state index < -0.39 is 0 Å². The zero-order valence-corrected chi connectivity index (χ0v) is 10.7. The fraction of sp³-hybridized carbons (Fsp3) is 0.692. The fourth-order valence-electron chi connectivity index (χ4n) is 2.76. The second-order valence-corrected chi connectivity index (χ2v) is 6.39. The first-order valence-electron chi connectivity index (χ1n) is 5.87. The van der Waals surface area contributed by atoms with Gasteiger partial charge in [-0.2, -0.15) is 0 Å². The maximum absolute atomic E-state index is 6.63. The van der Waals surface area contributed by atoms with Crippen molar-refractivity contribution in [3.8, 4) is 0 Å². The quantitative estimate of drug-likeness (QED) is 0.772. The molecular weight excluding hydrogens is 202 g/mol. The van der Waals surface area contributed by atoms with Crippen molar-refractivity contribution < 1.29 is 0 Å².